The van der Waals surface area contributed by atoms with Gasteiger partial charge in [-0.3, -0.25) is 4.79 Å². The van der Waals surface area contributed by atoms with Crippen molar-refractivity contribution < 1.29 is 4.79 Å². The Morgan fingerprint density at radius 3 is 3.00 bits per heavy atom. The number of hydrogen-bond donors (Lipinski definition) is 3. The van der Waals surface area contributed by atoms with E-state index in [9.17, 15) is 4.79 Å². The smallest absolute Gasteiger partial charge is 0.267 e. The van der Waals surface area contributed by atoms with Crippen molar-refractivity contribution in [2.75, 3.05) is 12.3 Å². The number of hydrogen-bond acceptors (Lipinski definition) is 2. The third-order valence-corrected chi connectivity index (χ3v) is 3.94. The van der Waals surface area contributed by atoms with E-state index in [1.807, 2.05) is 24.3 Å². The molecule has 1 unspecified atom stereocenters. The van der Waals surface area contributed by atoms with E-state index in [0.717, 1.165) is 23.4 Å². The lowest BCUT2D eigenvalue weighted by molar-refractivity contribution is 0.0942. The number of aromatic nitrogens is 1. The number of carbonyl (C=O) groups is 1. The number of nitrogen functional groups attached to an aromatic ring is 1. The Hall–Kier alpha value is -1.97. The molecule has 0 saturated heterocycles. The van der Waals surface area contributed by atoms with Gasteiger partial charge in [-0.15, -0.1) is 0 Å². The number of amides is 1. The standard InChI is InChI=1S/C15H19N3O/c1-9(10-5-6-10)8-17-15(19)13-7-11-3-2-4-12(16)14(11)18-13/h2-4,7,9-10,18H,5-6,8,16H2,1H3,(H,17,19). The van der Waals surface area contributed by atoms with E-state index in [2.05, 4.69) is 17.2 Å². The number of H-pyrrole nitrogens is 1. The molecule has 0 bridgehead atoms. The number of aromatic amines is 1. The Morgan fingerprint density at radius 2 is 2.32 bits per heavy atom. The van der Waals surface area contributed by atoms with Gasteiger partial charge in [0.15, 0.2) is 0 Å². The summed E-state index contributed by atoms with van der Waals surface area (Å²) in [7, 11) is 0. The Balaban J connectivity index is 1.72. The van der Waals surface area contributed by atoms with Gasteiger partial charge in [0.25, 0.3) is 5.91 Å². The van der Waals surface area contributed by atoms with Crippen molar-refractivity contribution in [3.63, 3.8) is 0 Å². The minimum Gasteiger partial charge on any atom is -0.397 e. The minimum absolute atomic E-state index is 0.0527. The normalized spacial score (nSPS) is 16.5. The van der Waals surface area contributed by atoms with Crippen LogP contribution in [0.2, 0.25) is 0 Å². The van der Waals surface area contributed by atoms with E-state index in [4.69, 9.17) is 5.73 Å². The average Bonchev–Trinajstić information content (AvgIpc) is 3.15. The molecule has 19 heavy (non-hydrogen) atoms. The van der Waals surface area contributed by atoms with Crippen molar-refractivity contribution in [1.29, 1.82) is 0 Å². The lowest BCUT2D eigenvalue weighted by atomic mass is 10.1. The van der Waals surface area contributed by atoms with Crippen LogP contribution in [0.5, 0.6) is 0 Å². The molecule has 0 spiro atoms. The molecular formula is C15H19N3O. The van der Waals surface area contributed by atoms with E-state index < -0.39 is 0 Å². The van der Waals surface area contributed by atoms with Gasteiger partial charge >= 0.3 is 0 Å². The fourth-order valence-electron chi connectivity index (χ4n) is 2.48. The number of rotatable bonds is 4. The highest BCUT2D eigenvalue weighted by Crippen LogP contribution is 2.36. The molecule has 3 rings (SSSR count). The van der Waals surface area contributed by atoms with Gasteiger partial charge in [0.1, 0.15) is 5.69 Å². The van der Waals surface area contributed by atoms with E-state index in [1.165, 1.54) is 12.8 Å². The lowest BCUT2D eigenvalue weighted by Gasteiger charge is -2.10. The SMILES string of the molecule is CC(CNC(=O)c1cc2cccc(N)c2[nH]1)C1CC1. The quantitative estimate of drug-likeness (QED) is 0.736. The highest BCUT2D eigenvalue weighted by Gasteiger charge is 2.28. The van der Waals surface area contributed by atoms with Crippen LogP contribution in [-0.4, -0.2) is 17.4 Å². The second-order valence-electron chi connectivity index (χ2n) is 5.52. The van der Waals surface area contributed by atoms with Crippen LogP contribution in [0, 0.1) is 11.8 Å². The van der Waals surface area contributed by atoms with E-state index in [0.29, 0.717) is 17.3 Å². The molecule has 1 aliphatic rings. The molecule has 1 saturated carbocycles. The molecule has 1 amide bonds. The molecule has 1 aliphatic carbocycles. The summed E-state index contributed by atoms with van der Waals surface area (Å²) in [6.07, 6.45) is 2.61. The van der Waals surface area contributed by atoms with Gasteiger partial charge in [0.05, 0.1) is 11.2 Å². The lowest BCUT2D eigenvalue weighted by Crippen LogP contribution is -2.29. The average molecular weight is 257 g/mol. The number of nitrogens with two attached hydrogens (primary N) is 1. The zero-order chi connectivity index (χ0) is 13.4. The van der Waals surface area contributed by atoms with Crippen LogP contribution in [0.3, 0.4) is 0 Å². The maximum atomic E-state index is 12.1. The summed E-state index contributed by atoms with van der Waals surface area (Å²) in [4.78, 5) is 15.2. The fourth-order valence-corrected chi connectivity index (χ4v) is 2.48. The van der Waals surface area contributed by atoms with Crippen LogP contribution >= 0.6 is 0 Å². The number of anilines is 1. The van der Waals surface area contributed by atoms with Crippen LogP contribution in [0.25, 0.3) is 10.9 Å². The van der Waals surface area contributed by atoms with E-state index in [1.54, 1.807) is 0 Å². The first-order valence-electron chi connectivity index (χ1n) is 6.80. The molecular weight excluding hydrogens is 238 g/mol. The van der Waals surface area contributed by atoms with E-state index >= 15 is 0 Å². The highest BCUT2D eigenvalue weighted by molar-refractivity contribution is 6.00. The number of nitrogens with one attached hydrogen (secondary N) is 2. The molecule has 1 atom stereocenters. The highest BCUT2D eigenvalue weighted by atomic mass is 16.1. The molecule has 1 aromatic heterocycles. The molecule has 4 heteroatoms. The first-order valence-corrected chi connectivity index (χ1v) is 6.80. The topological polar surface area (TPSA) is 70.9 Å². The first kappa shape index (κ1) is 12.1. The minimum atomic E-state index is -0.0527. The van der Waals surface area contributed by atoms with Gasteiger partial charge in [-0.05, 0) is 36.8 Å². The van der Waals surface area contributed by atoms with Gasteiger partial charge in [0, 0.05) is 11.9 Å². The zero-order valence-electron chi connectivity index (χ0n) is 11.1. The van der Waals surface area contributed by atoms with E-state index in [-0.39, 0.29) is 5.91 Å². The monoisotopic (exact) mass is 257 g/mol. The first-order chi connectivity index (χ1) is 9.15. The van der Waals surface area contributed by atoms with Gasteiger partial charge in [-0.1, -0.05) is 19.1 Å². The second kappa shape index (κ2) is 4.61. The summed E-state index contributed by atoms with van der Waals surface area (Å²) in [5, 5.41) is 3.96. The second-order valence-corrected chi connectivity index (χ2v) is 5.52. The van der Waals surface area contributed by atoms with Crippen molar-refractivity contribution in [3.8, 4) is 0 Å². The summed E-state index contributed by atoms with van der Waals surface area (Å²) in [6.45, 7) is 2.94. The van der Waals surface area contributed by atoms with Crippen molar-refractivity contribution >= 4 is 22.5 Å². The van der Waals surface area contributed by atoms with Crippen LogP contribution in [0.4, 0.5) is 5.69 Å². The molecule has 0 radical (unpaired) electrons. The molecule has 4 N–H and O–H groups in total. The van der Waals surface area contributed by atoms with Crippen LogP contribution in [-0.2, 0) is 0 Å². The maximum Gasteiger partial charge on any atom is 0.267 e. The van der Waals surface area contributed by atoms with Crippen molar-refractivity contribution in [2.24, 2.45) is 11.8 Å². The van der Waals surface area contributed by atoms with Crippen molar-refractivity contribution in [1.82, 2.24) is 10.3 Å². The predicted octanol–water partition coefficient (Wildman–Crippen LogP) is 2.53. The summed E-state index contributed by atoms with van der Waals surface area (Å²) in [5.74, 6) is 1.32. The zero-order valence-corrected chi connectivity index (χ0v) is 11.1. The molecule has 0 aliphatic heterocycles. The fraction of sp³-hybridized carbons (Fsp3) is 0.400. The summed E-state index contributed by atoms with van der Waals surface area (Å²) in [6, 6.07) is 7.52. The Labute approximate surface area is 112 Å². The number of benzene rings is 1. The third kappa shape index (κ3) is 2.43. The van der Waals surface area contributed by atoms with Crippen LogP contribution < -0.4 is 11.1 Å². The Bertz CT molecular complexity index is 613. The van der Waals surface area contributed by atoms with Gasteiger partial charge in [-0.2, -0.15) is 0 Å². The Morgan fingerprint density at radius 1 is 1.53 bits per heavy atom. The number of fused-ring (bicyclic) bond motifs is 1. The molecule has 4 nitrogen and oxygen atoms in total. The molecule has 1 heterocycles. The number of carbonyl (C=O) groups excluding carboxylic acids is 1. The summed E-state index contributed by atoms with van der Waals surface area (Å²) >= 11 is 0. The predicted molar refractivity (Wildman–Crippen MR) is 76.9 cm³/mol. The van der Waals surface area contributed by atoms with Crippen molar-refractivity contribution in [2.45, 2.75) is 19.8 Å². The van der Waals surface area contributed by atoms with Crippen LogP contribution in [0.1, 0.15) is 30.3 Å². The molecule has 100 valence electrons. The van der Waals surface area contributed by atoms with Crippen molar-refractivity contribution in [3.05, 3.63) is 30.0 Å². The third-order valence-electron chi connectivity index (χ3n) is 3.94. The maximum absolute atomic E-state index is 12.1. The summed E-state index contributed by atoms with van der Waals surface area (Å²) < 4.78 is 0. The van der Waals surface area contributed by atoms with Crippen LogP contribution in [0.15, 0.2) is 24.3 Å². The largest absolute Gasteiger partial charge is 0.397 e. The molecule has 1 fully saturated rings. The molecule has 2 aromatic rings. The summed E-state index contributed by atoms with van der Waals surface area (Å²) in [5.41, 5.74) is 7.96. The van der Waals surface area contributed by atoms with Gasteiger partial charge in [0.2, 0.25) is 0 Å². The number of para-hydroxylation sites is 1. The Kier molecular flexibility index (Phi) is 2.93. The van der Waals surface area contributed by atoms with Gasteiger partial charge in [-0.25, -0.2) is 0 Å². The molecule has 1 aromatic carbocycles. The van der Waals surface area contributed by atoms with Gasteiger partial charge < -0.3 is 16.0 Å².